The lowest BCUT2D eigenvalue weighted by Crippen LogP contribution is -2.36. The summed E-state index contributed by atoms with van der Waals surface area (Å²) in [5.74, 6) is 1.02. The minimum Gasteiger partial charge on any atom is -0.365 e. The maximum Gasteiger partial charge on any atom is 0.326 e. The molecule has 0 unspecified atom stereocenters. The van der Waals surface area contributed by atoms with E-state index in [0.29, 0.717) is 36.1 Å². The number of anilines is 3. The number of rotatable bonds is 6. The summed E-state index contributed by atoms with van der Waals surface area (Å²) in [6.45, 7) is 9.08. The Hall–Kier alpha value is -3.57. The first kappa shape index (κ1) is 27.0. The molecule has 1 N–H and O–H groups in total. The normalized spacial score (nSPS) is 15.0. The van der Waals surface area contributed by atoms with Crippen molar-refractivity contribution < 1.29 is 8.42 Å². The Kier molecular flexibility index (Phi) is 8.94. The number of fused-ring (bicyclic) bond motifs is 1. The van der Waals surface area contributed by atoms with Gasteiger partial charge in [0, 0.05) is 26.3 Å². The fourth-order valence-corrected chi connectivity index (χ4v) is 5.47. The van der Waals surface area contributed by atoms with Crippen molar-refractivity contribution in [3.05, 3.63) is 71.9 Å². The summed E-state index contributed by atoms with van der Waals surface area (Å²) in [4.78, 5) is 4.24. The average Bonchev–Trinajstić information content (AvgIpc) is 3.74. The molecule has 7 nitrogen and oxygen atoms in total. The standard InChI is InChI=1S/C24H23N5O2S.2C2H6/c1-28-23-13-20(9-10-22(23)29(32(28,30)31)16-17-7-8-17)19-5-2-4-18(12-19)15-27-24-21(14-25)6-3-11-26-24;2*1-2/h2-6,9-13,17H,7-8,15-16H2,1H3,(H,26,27);2*1-2H3. The van der Waals surface area contributed by atoms with E-state index in [4.69, 9.17) is 0 Å². The summed E-state index contributed by atoms with van der Waals surface area (Å²) in [5.41, 5.74) is 4.95. The molecular weight excluding hydrogens is 470 g/mol. The van der Waals surface area contributed by atoms with Gasteiger partial charge in [0.15, 0.2) is 0 Å². The largest absolute Gasteiger partial charge is 0.365 e. The van der Waals surface area contributed by atoms with Crippen molar-refractivity contribution in [3.63, 3.8) is 0 Å². The highest BCUT2D eigenvalue weighted by Crippen LogP contribution is 2.44. The van der Waals surface area contributed by atoms with Crippen molar-refractivity contribution in [3.8, 4) is 17.2 Å². The van der Waals surface area contributed by atoms with E-state index >= 15 is 0 Å². The third-order valence-corrected chi connectivity index (χ3v) is 7.77. The lowest BCUT2D eigenvalue weighted by Gasteiger charge is -2.18. The molecule has 1 fully saturated rings. The highest BCUT2D eigenvalue weighted by molar-refractivity contribution is 7.94. The maximum absolute atomic E-state index is 12.9. The third kappa shape index (κ3) is 5.63. The first-order valence-electron chi connectivity index (χ1n) is 12.6. The van der Waals surface area contributed by atoms with Crippen LogP contribution in [0.2, 0.25) is 0 Å². The number of nitrogens with one attached hydrogen (secondary N) is 1. The molecule has 1 aliphatic heterocycles. The van der Waals surface area contributed by atoms with Crippen LogP contribution in [0.3, 0.4) is 0 Å². The summed E-state index contributed by atoms with van der Waals surface area (Å²) in [6.07, 6.45) is 3.85. The van der Waals surface area contributed by atoms with Crippen LogP contribution in [0.1, 0.15) is 51.7 Å². The zero-order chi connectivity index (χ0) is 26.3. The monoisotopic (exact) mass is 505 g/mol. The molecule has 8 heteroatoms. The number of benzene rings is 2. The van der Waals surface area contributed by atoms with Gasteiger partial charge in [0.1, 0.15) is 11.9 Å². The van der Waals surface area contributed by atoms with Gasteiger partial charge in [-0.1, -0.05) is 52.0 Å². The van der Waals surface area contributed by atoms with Gasteiger partial charge in [-0.3, -0.25) is 8.61 Å². The van der Waals surface area contributed by atoms with E-state index in [0.717, 1.165) is 35.2 Å². The van der Waals surface area contributed by atoms with E-state index in [1.165, 1.54) is 4.31 Å². The van der Waals surface area contributed by atoms with Gasteiger partial charge in [-0.05, 0) is 65.8 Å². The second-order valence-corrected chi connectivity index (χ2v) is 10.1. The van der Waals surface area contributed by atoms with Crippen LogP contribution in [0.15, 0.2) is 60.8 Å². The second kappa shape index (κ2) is 11.9. The van der Waals surface area contributed by atoms with Crippen molar-refractivity contribution in [2.24, 2.45) is 5.92 Å². The van der Waals surface area contributed by atoms with E-state index in [1.54, 1.807) is 29.7 Å². The van der Waals surface area contributed by atoms with E-state index < -0.39 is 10.2 Å². The summed E-state index contributed by atoms with van der Waals surface area (Å²) in [5, 5.41) is 12.5. The van der Waals surface area contributed by atoms with Gasteiger partial charge in [-0.2, -0.15) is 13.7 Å². The van der Waals surface area contributed by atoms with Gasteiger partial charge < -0.3 is 5.32 Å². The second-order valence-electron chi connectivity index (χ2n) is 8.22. The Bertz CT molecular complexity index is 1330. The van der Waals surface area contributed by atoms with Gasteiger partial charge in [-0.15, -0.1) is 0 Å². The smallest absolute Gasteiger partial charge is 0.326 e. The molecule has 0 atom stereocenters. The maximum atomic E-state index is 12.9. The Morgan fingerprint density at radius 1 is 1.00 bits per heavy atom. The molecule has 1 aliphatic carbocycles. The molecule has 3 aromatic rings. The number of pyridine rings is 1. The van der Waals surface area contributed by atoms with Gasteiger partial charge in [-0.25, -0.2) is 4.98 Å². The Labute approximate surface area is 215 Å². The van der Waals surface area contributed by atoms with Crippen LogP contribution in [0, 0.1) is 17.2 Å². The minimum atomic E-state index is -3.51. The third-order valence-electron chi connectivity index (χ3n) is 5.98. The molecule has 0 radical (unpaired) electrons. The number of aromatic nitrogens is 1. The van der Waals surface area contributed by atoms with Crippen LogP contribution < -0.4 is 13.9 Å². The van der Waals surface area contributed by atoms with E-state index in [9.17, 15) is 13.7 Å². The fourth-order valence-electron chi connectivity index (χ4n) is 3.97. The quantitative estimate of drug-likeness (QED) is 0.431. The predicted molar refractivity (Wildman–Crippen MR) is 148 cm³/mol. The summed E-state index contributed by atoms with van der Waals surface area (Å²) >= 11 is 0. The summed E-state index contributed by atoms with van der Waals surface area (Å²) in [7, 11) is -1.89. The van der Waals surface area contributed by atoms with Crippen molar-refractivity contribution in [1.82, 2.24) is 4.98 Å². The predicted octanol–water partition coefficient (Wildman–Crippen LogP) is 6.20. The lowest BCUT2D eigenvalue weighted by molar-refractivity contribution is 0.590. The number of hydrogen-bond donors (Lipinski definition) is 1. The van der Waals surface area contributed by atoms with Crippen LogP contribution in [0.5, 0.6) is 0 Å². The number of nitriles is 1. The molecule has 2 heterocycles. The molecule has 5 rings (SSSR count). The molecule has 0 spiro atoms. The Morgan fingerprint density at radius 3 is 2.42 bits per heavy atom. The molecule has 190 valence electrons. The molecule has 1 aromatic heterocycles. The first-order valence-corrected chi connectivity index (χ1v) is 14.0. The molecule has 0 bridgehead atoms. The zero-order valence-electron chi connectivity index (χ0n) is 21.7. The highest BCUT2D eigenvalue weighted by atomic mass is 32.2. The van der Waals surface area contributed by atoms with E-state index in [-0.39, 0.29) is 0 Å². The van der Waals surface area contributed by atoms with E-state index in [1.807, 2.05) is 64.1 Å². The van der Waals surface area contributed by atoms with Crippen LogP contribution in [-0.2, 0) is 16.8 Å². The Morgan fingerprint density at radius 2 is 1.72 bits per heavy atom. The van der Waals surface area contributed by atoms with Crippen molar-refractivity contribution in [1.29, 1.82) is 5.26 Å². The zero-order valence-corrected chi connectivity index (χ0v) is 22.5. The average molecular weight is 506 g/mol. The molecule has 0 amide bonds. The molecule has 1 saturated carbocycles. The SMILES string of the molecule is CC.CC.CN1c2cc(-c3cccc(CNc4ncccc4C#N)c3)ccc2N(CC2CC2)S1(=O)=O. The van der Waals surface area contributed by atoms with Gasteiger partial charge >= 0.3 is 10.2 Å². The van der Waals surface area contributed by atoms with Crippen molar-refractivity contribution in [2.75, 3.05) is 27.5 Å². The summed E-state index contributed by atoms with van der Waals surface area (Å²) in [6, 6.07) is 19.5. The van der Waals surface area contributed by atoms with Crippen molar-refractivity contribution in [2.45, 2.75) is 47.1 Å². The fraction of sp³-hybridized carbons (Fsp3) is 0.357. The number of nitrogens with zero attached hydrogens (tertiary/aromatic N) is 4. The first-order chi connectivity index (χ1) is 17.5. The number of hydrogen-bond acceptors (Lipinski definition) is 5. The van der Waals surface area contributed by atoms with Crippen LogP contribution in [0.25, 0.3) is 11.1 Å². The van der Waals surface area contributed by atoms with Crippen LogP contribution in [-0.4, -0.2) is 27.0 Å². The summed E-state index contributed by atoms with van der Waals surface area (Å²) < 4.78 is 28.7. The molecule has 2 aliphatic rings. The highest BCUT2D eigenvalue weighted by Gasteiger charge is 2.40. The van der Waals surface area contributed by atoms with Crippen LogP contribution >= 0.6 is 0 Å². The van der Waals surface area contributed by atoms with Crippen LogP contribution in [0.4, 0.5) is 17.2 Å². The Balaban J connectivity index is 0.000000861. The van der Waals surface area contributed by atoms with Gasteiger partial charge in [0.25, 0.3) is 0 Å². The van der Waals surface area contributed by atoms with Gasteiger partial charge in [0.05, 0.1) is 16.9 Å². The van der Waals surface area contributed by atoms with Gasteiger partial charge in [0.2, 0.25) is 0 Å². The molecule has 36 heavy (non-hydrogen) atoms. The lowest BCUT2D eigenvalue weighted by atomic mass is 10.0. The molecule has 2 aromatic carbocycles. The molecular formula is C28H35N5O2S. The minimum absolute atomic E-state index is 0.466. The van der Waals surface area contributed by atoms with Crippen molar-refractivity contribution >= 4 is 27.4 Å². The van der Waals surface area contributed by atoms with E-state index in [2.05, 4.69) is 22.4 Å². The topological polar surface area (TPSA) is 89.3 Å². The molecule has 0 saturated heterocycles.